The lowest BCUT2D eigenvalue weighted by Gasteiger charge is -2.15. The number of nitrogens with two attached hydrogens (primary N) is 1. The molecule has 1 aromatic rings. The fourth-order valence-corrected chi connectivity index (χ4v) is 1.70. The molecule has 0 heterocycles. The van der Waals surface area contributed by atoms with Crippen molar-refractivity contribution < 1.29 is 14.3 Å². The maximum Gasteiger partial charge on any atom is 0.336 e. The number of anilines is 1. The topological polar surface area (TPSA) is 72.6 Å². The third-order valence-corrected chi connectivity index (χ3v) is 3.09. The molecule has 2 amide bonds. The predicted octanol–water partition coefficient (Wildman–Crippen LogP) is 2.22. The van der Waals surface area contributed by atoms with Gasteiger partial charge in [-0.1, -0.05) is 5.57 Å². The van der Waals surface area contributed by atoms with Crippen molar-refractivity contribution in [1.29, 1.82) is 0 Å². The number of esters is 1. The van der Waals surface area contributed by atoms with Crippen LogP contribution in [0.15, 0.2) is 35.9 Å². The Kier molecular flexibility index (Phi) is 3.85. The van der Waals surface area contributed by atoms with Crippen molar-refractivity contribution in [3.8, 4) is 5.75 Å². The Balaban J connectivity index is 1.98. The van der Waals surface area contributed by atoms with E-state index in [0.29, 0.717) is 11.4 Å². The minimum atomic E-state index is -0.542. The summed E-state index contributed by atoms with van der Waals surface area (Å²) in [7, 11) is 1.57. The number of benzene rings is 1. The van der Waals surface area contributed by atoms with Crippen molar-refractivity contribution >= 4 is 17.7 Å². The molecule has 0 unspecified atom stereocenters. The summed E-state index contributed by atoms with van der Waals surface area (Å²) in [4.78, 5) is 23.8. The first-order chi connectivity index (χ1) is 9.06. The minimum absolute atomic E-state index is 0.356. The number of carbonyl (C=O) groups excluding carboxylic acids is 2. The summed E-state index contributed by atoms with van der Waals surface area (Å²) in [6, 6.07) is 6.06. The summed E-state index contributed by atoms with van der Waals surface area (Å²) >= 11 is 0. The average Bonchev–Trinajstić information content (AvgIpc) is 2.34. The molecular weight excluding hydrogens is 244 g/mol. The van der Waals surface area contributed by atoms with Crippen LogP contribution in [0, 0.1) is 0 Å². The van der Waals surface area contributed by atoms with Gasteiger partial charge in [0.25, 0.3) is 0 Å². The van der Waals surface area contributed by atoms with Gasteiger partial charge in [-0.05, 0) is 43.5 Å². The molecule has 1 saturated carbocycles. The Hall–Kier alpha value is -2.30. The molecule has 0 spiro atoms. The SMILES string of the molecule is CN(C(N)=O)c1ccc(OC(=O)C=C2CCC2)cc1. The van der Waals surface area contributed by atoms with Crippen molar-refractivity contribution in [3.05, 3.63) is 35.9 Å². The maximum absolute atomic E-state index is 11.6. The molecule has 0 saturated heterocycles. The Morgan fingerprint density at radius 3 is 2.37 bits per heavy atom. The van der Waals surface area contributed by atoms with Gasteiger partial charge < -0.3 is 10.5 Å². The highest BCUT2D eigenvalue weighted by Crippen LogP contribution is 2.25. The van der Waals surface area contributed by atoms with Crippen molar-refractivity contribution in [2.45, 2.75) is 19.3 Å². The molecule has 1 aliphatic rings. The molecule has 1 fully saturated rings. The quantitative estimate of drug-likeness (QED) is 0.514. The third-order valence-electron chi connectivity index (χ3n) is 3.09. The first-order valence-corrected chi connectivity index (χ1v) is 6.11. The molecule has 100 valence electrons. The van der Waals surface area contributed by atoms with E-state index in [4.69, 9.17) is 10.5 Å². The number of nitrogens with zero attached hydrogens (tertiary/aromatic N) is 1. The predicted molar refractivity (Wildman–Crippen MR) is 72.0 cm³/mol. The normalized spacial score (nSPS) is 13.4. The van der Waals surface area contributed by atoms with E-state index in [2.05, 4.69) is 0 Å². The zero-order valence-corrected chi connectivity index (χ0v) is 10.8. The molecule has 0 aliphatic heterocycles. The number of ether oxygens (including phenoxy) is 1. The van der Waals surface area contributed by atoms with E-state index >= 15 is 0 Å². The number of allylic oxidation sites excluding steroid dienone is 1. The van der Waals surface area contributed by atoms with E-state index in [0.717, 1.165) is 24.8 Å². The van der Waals surface area contributed by atoms with Crippen LogP contribution >= 0.6 is 0 Å². The zero-order valence-electron chi connectivity index (χ0n) is 10.8. The molecule has 1 aliphatic carbocycles. The molecule has 2 rings (SSSR count). The van der Waals surface area contributed by atoms with Gasteiger partial charge in [-0.15, -0.1) is 0 Å². The number of amides is 2. The largest absolute Gasteiger partial charge is 0.423 e. The van der Waals surface area contributed by atoms with Crippen LogP contribution in [0.1, 0.15) is 19.3 Å². The van der Waals surface area contributed by atoms with Gasteiger partial charge in [0.2, 0.25) is 0 Å². The molecule has 19 heavy (non-hydrogen) atoms. The van der Waals surface area contributed by atoms with Crippen molar-refractivity contribution in [1.82, 2.24) is 0 Å². The fourth-order valence-electron chi connectivity index (χ4n) is 1.70. The number of hydrogen-bond acceptors (Lipinski definition) is 3. The summed E-state index contributed by atoms with van der Waals surface area (Å²) in [5, 5.41) is 0. The Labute approximate surface area is 111 Å². The highest BCUT2D eigenvalue weighted by molar-refractivity contribution is 5.90. The lowest BCUT2D eigenvalue weighted by molar-refractivity contribution is -0.129. The fraction of sp³-hybridized carbons (Fsp3) is 0.286. The van der Waals surface area contributed by atoms with E-state index in [9.17, 15) is 9.59 Å². The number of carbonyl (C=O) groups is 2. The van der Waals surface area contributed by atoms with Crippen LogP contribution in [0.2, 0.25) is 0 Å². The van der Waals surface area contributed by atoms with Crippen molar-refractivity contribution in [2.75, 3.05) is 11.9 Å². The molecule has 2 N–H and O–H groups in total. The minimum Gasteiger partial charge on any atom is -0.423 e. The van der Waals surface area contributed by atoms with Gasteiger partial charge in [0, 0.05) is 18.8 Å². The molecule has 5 nitrogen and oxygen atoms in total. The lowest BCUT2D eigenvalue weighted by atomic mass is 9.92. The van der Waals surface area contributed by atoms with Crippen LogP contribution in [0.25, 0.3) is 0 Å². The summed E-state index contributed by atoms with van der Waals surface area (Å²) in [5.74, 6) is 0.0912. The second-order valence-electron chi connectivity index (χ2n) is 4.47. The van der Waals surface area contributed by atoms with Crippen LogP contribution in [-0.2, 0) is 4.79 Å². The van der Waals surface area contributed by atoms with Gasteiger partial charge in [0.15, 0.2) is 0 Å². The summed E-state index contributed by atoms with van der Waals surface area (Å²) in [5.41, 5.74) is 6.93. The van der Waals surface area contributed by atoms with Crippen LogP contribution in [-0.4, -0.2) is 19.0 Å². The van der Waals surface area contributed by atoms with Crippen LogP contribution in [0.5, 0.6) is 5.75 Å². The Morgan fingerprint density at radius 2 is 1.89 bits per heavy atom. The number of urea groups is 1. The standard InChI is InChI=1S/C14H16N2O3/c1-16(14(15)18)11-5-7-12(8-6-11)19-13(17)9-10-3-2-4-10/h5-9H,2-4H2,1H3,(H2,15,18). The van der Waals surface area contributed by atoms with Crippen LogP contribution in [0.4, 0.5) is 10.5 Å². The second-order valence-corrected chi connectivity index (χ2v) is 4.47. The molecule has 5 heteroatoms. The number of hydrogen-bond donors (Lipinski definition) is 1. The smallest absolute Gasteiger partial charge is 0.336 e. The molecule has 0 radical (unpaired) electrons. The maximum atomic E-state index is 11.6. The molecule has 0 atom stereocenters. The molecule has 0 bridgehead atoms. The Morgan fingerprint density at radius 1 is 1.26 bits per heavy atom. The third kappa shape index (κ3) is 3.34. The zero-order chi connectivity index (χ0) is 13.8. The van der Waals surface area contributed by atoms with Crippen molar-refractivity contribution in [3.63, 3.8) is 0 Å². The van der Waals surface area contributed by atoms with E-state index in [1.54, 1.807) is 37.4 Å². The van der Waals surface area contributed by atoms with Gasteiger partial charge >= 0.3 is 12.0 Å². The van der Waals surface area contributed by atoms with Gasteiger partial charge in [-0.2, -0.15) is 0 Å². The summed E-state index contributed by atoms with van der Waals surface area (Å²) in [6.07, 6.45) is 4.66. The second kappa shape index (κ2) is 5.56. The first kappa shape index (κ1) is 13.1. The summed E-state index contributed by atoms with van der Waals surface area (Å²) < 4.78 is 5.17. The van der Waals surface area contributed by atoms with Gasteiger partial charge in [0.1, 0.15) is 5.75 Å². The summed E-state index contributed by atoms with van der Waals surface area (Å²) in [6.45, 7) is 0. The van der Waals surface area contributed by atoms with E-state index in [1.807, 2.05) is 0 Å². The average molecular weight is 260 g/mol. The van der Waals surface area contributed by atoms with E-state index in [-0.39, 0.29) is 5.97 Å². The van der Waals surface area contributed by atoms with E-state index in [1.165, 1.54) is 4.90 Å². The van der Waals surface area contributed by atoms with Crippen molar-refractivity contribution in [2.24, 2.45) is 5.73 Å². The highest BCUT2D eigenvalue weighted by atomic mass is 16.5. The van der Waals surface area contributed by atoms with Gasteiger partial charge in [0.05, 0.1) is 0 Å². The molecule has 1 aromatic carbocycles. The van der Waals surface area contributed by atoms with Crippen LogP contribution in [0.3, 0.4) is 0 Å². The monoisotopic (exact) mass is 260 g/mol. The molecule has 0 aromatic heterocycles. The number of rotatable bonds is 3. The Bertz CT molecular complexity index is 514. The van der Waals surface area contributed by atoms with Crippen LogP contribution < -0.4 is 15.4 Å². The van der Waals surface area contributed by atoms with Gasteiger partial charge in [-0.3, -0.25) is 4.90 Å². The lowest BCUT2D eigenvalue weighted by Crippen LogP contribution is -2.31. The van der Waals surface area contributed by atoms with E-state index < -0.39 is 6.03 Å². The molecular formula is C14H16N2O3. The first-order valence-electron chi connectivity index (χ1n) is 6.11. The number of primary amides is 1. The van der Waals surface area contributed by atoms with Gasteiger partial charge in [-0.25, -0.2) is 9.59 Å². The highest BCUT2D eigenvalue weighted by Gasteiger charge is 2.12.